The number of nitrogens with one attached hydrogen (secondary N) is 1. The van der Waals surface area contributed by atoms with Gasteiger partial charge in [0.05, 0.1) is 6.42 Å². The standard InChI is InChI=1S/C22H43NO6S.2Na.2H/c1-2-3-4-5-6-7-8-9-10-11-12-13-14-15-16-17-18-23-21(24)19-20(22(25)26)30(27,28)29;;;;/h20H,2-19H2,1H3,(H,23,24)(H,25,26)(H,27,28,29);;;;/q;2*+1;2*-1. The van der Waals surface area contributed by atoms with Crippen molar-refractivity contribution in [3.63, 3.8) is 0 Å². The van der Waals surface area contributed by atoms with Crippen molar-refractivity contribution in [2.24, 2.45) is 0 Å². The van der Waals surface area contributed by atoms with Crippen molar-refractivity contribution in [2.45, 2.75) is 121 Å². The molecule has 0 saturated carbocycles. The first kappa shape index (κ1) is 37.4. The van der Waals surface area contributed by atoms with Gasteiger partial charge in [-0.15, -0.1) is 0 Å². The van der Waals surface area contributed by atoms with Gasteiger partial charge in [-0.1, -0.05) is 103 Å². The molecule has 0 aliphatic rings. The van der Waals surface area contributed by atoms with E-state index in [2.05, 4.69) is 12.2 Å². The zero-order valence-electron chi connectivity index (χ0n) is 22.7. The maximum Gasteiger partial charge on any atom is 1.00 e. The molecule has 0 aromatic carbocycles. The second kappa shape index (κ2) is 25.0. The molecule has 0 spiro atoms. The van der Waals surface area contributed by atoms with E-state index in [1.165, 1.54) is 83.5 Å². The average Bonchev–Trinajstić information content (AvgIpc) is 2.67. The fourth-order valence-corrected chi connectivity index (χ4v) is 4.08. The molecule has 7 nitrogen and oxygen atoms in total. The normalized spacial score (nSPS) is 11.8. The molecule has 182 valence electrons. The number of carboxylic acid groups (broad SMARTS) is 1. The number of carbonyl (C=O) groups excluding carboxylic acids is 1. The Hall–Kier alpha value is 0.850. The molecule has 0 radical (unpaired) electrons. The molecule has 1 atom stereocenters. The zero-order valence-corrected chi connectivity index (χ0v) is 25.6. The van der Waals surface area contributed by atoms with E-state index in [0.717, 1.165) is 19.3 Å². The van der Waals surface area contributed by atoms with E-state index in [1.54, 1.807) is 0 Å². The third kappa shape index (κ3) is 24.0. The number of amides is 1. The first-order valence-corrected chi connectivity index (χ1v) is 13.2. The zero-order chi connectivity index (χ0) is 22.7. The van der Waals surface area contributed by atoms with E-state index in [9.17, 15) is 18.0 Å². The van der Waals surface area contributed by atoms with Crippen molar-refractivity contribution in [3.8, 4) is 0 Å². The summed E-state index contributed by atoms with van der Waals surface area (Å²) in [5.41, 5.74) is 0. The van der Waals surface area contributed by atoms with Crippen molar-refractivity contribution >= 4 is 22.0 Å². The van der Waals surface area contributed by atoms with Crippen LogP contribution in [0.1, 0.15) is 119 Å². The van der Waals surface area contributed by atoms with Gasteiger partial charge in [-0.05, 0) is 6.42 Å². The molecule has 0 aliphatic carbocycles. The van der Waals surface area contributed by atoms with Crippen LogP contribution in [-0.2, 0) is 19.7 Å². The van der Waals surface area contributed by atoms with Crippen molar-refractivity contribution in [3.05, 3.63) is 0 Å². The summed E-state index contributed by atoms with van der Waals surface area (Å²) in [6, 6.07) is 0. The molecule has 1 amide bonds. The third-order valence-electron chi connectivity index (χ3n) is 5.36. The van der Waals surface area contributed by atoms with Crippen molar-refractivity contribution in [1.82, 2.24) is 5.32 Å². The van der Waals surface area contributed by atoms with Crippen molar-refractivity contribution in [2.75, 3.05) is 6.54 Å². The largest absolute Gasteiger partial charge is 1.00 e. The van der Waals surface area contributed by atoms with Crippen LogP contribution in [0.2, 0.25) is 0 Å². The first-order chi connectivity index (χ1) is 14.3. The Labute approximate surface area is 242 Å². The molecule has 0 saturated heterocycles. The van der Waals surface area contributed by atoms with E-state index in [4.69, 9.17) is 9.66 Å². The van der Waals surface area contributed by atoms with Gasteiger partial charge in [-0.3, -0.25) is 14.1 Å². The molecule has 1 unspecified atom stereocenters. The Kier molecular flexibility index (Phi) is 29.2. The smallest absolute Gasteiger partial charge is 1.00 e. The van der Waals surface area contributed by atoms with Crippen LogP contribution in [-0.4, -0.2) is 41.7 Å². The van der Waals surface area contributed by atoms with Gasteiger partial charge in [0.25, 0.3) is 10.1 Å². The number of carboxylic acids is 1. The van der Waals surface area contributed by atoms with E-state index in [1.807, 2.05) is 0 Å². The molecule has 0 aliphatic heterocycles. The number of unbranched alkanes of at least 4 members (excludes halogenated alkanes) is 15. The van der Waals surface area contributed by atoms with Crippen molar-refractivity contribution < 1.29 is 89.6 Å². The summed E-state index contributed by atoms with van der Waals surface area (Å²) < 4.78 is 30.7. The third-order valence-corrected chi connectivity index (χ3v) is 6.45. The van der Waals surface area contributed by atoms with Crippen LogP contribution in [0.5, 0.6) is 0 Å². The SMILES string of the molecule is CCCCCCCCCCCCCCCCCCNC(=O)CC(C(=O)O)S(=O)(=O)O.[H-].[H-].[Na+].[Na+]. The summed E-state index contributed by atoms with van der Waals surface area (Å²) in [7, 11) is -4.78. The molecule has 10 heteroatoms. The monoisotopic (exact) mass is 497 g/mol. The van der Waals surface area contributed by atoms with Gasteiger partial charge in [0.1, 0.15) is 0 Å². The molecular formula is C22H45NNa2O6S. The van der Waals surface area contributed by atoms with Gasteiger partial charge in [0, 0.05) is 6.54 Å². The summed E-state index contributed by atoms with van der Waals surface area (Å²) in [6.07, 6.45) is 19.4. The van der Waals surface area contributed by atoms with E-state index < -0.39 is 33.7 Å². The maximum absolute atomic E-state index is 11.6. The molecular weight excluding hydrogens is 452 g/mol. The second-order valence-electron chi connectivity index (χ2n) is 8.20. The molecule has 0 rings (SSSR count). The van der Waals surface area contributed by atoms with E-state index in [0.29, 0.717) is 6.54 Å². The molecule has 0 aromatic heterocycles. The molecule has 0 aromatic rings. The Morgan fingerprint density at radius 1 is 0.750 bits per heavy atom. The van der Waals surface area contributed by atoms with Crippen LogP contribution >= 0.6 is 0 Å². The minimum Gasteiger partial charge on any atom is -1.00 e. The predicted molar refractivity (Wildman–Crippen MR) is 122 cm³/mol. The number of carbonyl (C=O) groups is 2. The first-order valence-electron chi connectivity index (χ1n) is 11.7. The predicted octanol–water partition coefficient (Wildman–Crippen LogP) is -0.672. The van der Waals surface area contributed by atoms with Gasteiger partial charge in [0.2, 0.25) is 5.91 Å². The van der Waals surface area contributed by atoms with Crippen LogP contribution in [0.15, 0.2) is 0 Å². The summed E-state index contributed by atoms with van der Waals surface area (Å²) in [5, 5.41) is 9.16. The van der Waals surface area contributed by atoms with Crippen LogP contribution in [0.4, 0.5) is 0 Å². The number of aliphatic carboxylic acids is 1. The minimum atomic E-state index is -4.78. The van der Waals surface area contributed by atoms with E-state index in [-0.39, 0.29) is 62.0 Å². The fourth-order valence-electron chi connectivity index (χ4n) is 3.46. The molecule has 3 N–H and O–H groups in total. The fraction of sp³-hybridized carbons (Fsp3) is 0.909. The Balaban J connectivity index is -0.000000701. The summed E-state index contributed by atoms with van der Waals surface area (Å²) in [4.78, 5) is 22.4. The topological polar surface area (TPSA) is 121 Å². The Bertz CT molecular complexity index is 572. The Morgan fingerprint density at radius 2 is 1.09 bits per heavy atom. The summed E-state index contributed by atoms with van der Waals surface area (Å²) in [6.45, 7) is 2.63. The minimum absolute atomic E-state index is 0. The molecule has 0 heterocycles. The molecule has 0 bridgehead atoms. The Morgan fingerprint density at radius 3 is 1.41 bits per heavy atom. The number of hydrogen-bond acceptors (Lipinski definition) is 4. The summed E-state index contributed by atoms with van der Waals surface area (Å²) in [5.74, 6) is -2.41. The van der Waals surface area contributed by atoms with Gasteiger partial charge in [0.15, 0.2) is 5.25 Å². The van der Waals surface area contributed by atoms with Gasteiger partial charge < -0.3 is 13.3 Å². The number of hydrogen-bond donors (Lipinski definition) is 3. The second-order valence-corrected chi connectivity index (χ2v) is 9.80. The van der Waals surface area contributed by atoms with Crippen molar-refractivity contribution in [1.29, 1.82) is 0 Å². The summed E-state index contributed by atoms with van der Waals surface area (Å²) >= 11 is 0. The van der Waals surface area contributed by atoms with Gasteiger partial charge in [-0.2, -0.15) is 8.42 Å². The average molecular weight is 498 g/mol. The van der Waals surface area contributed by atoms with E-state index >= 15 is 0 Å². The molecule has 0 fully saturated rings. The molecule has 32 heavy (non-hydrogen) atoms. The van der Waals surface area contributed by atoms with Crippen LogP contribution in [0, 0.1) is 0 Å². The van der Waals surface area contributed by atoms with Gasteiger partial charge >= 0.3 is 65.1 Å². The number of rotatable bonds is 21. The maximum atomic E-state index is 11.6. The van der Waals surface area contributed by atoms with Crippen LogP contribution in [0.25, 0.3) is 0 Å². The van der Waals surface area contributed by atoms with Crippen LogP contribution in [0.3, 0.4) is 0 Å². The quantitative estimate of drug-likeness (QED) is 0.110. The van der Waals surface area contributed by atoms with Gasteiger partial charge in [-0.25, -0.2) is 0 Å². The van der Waals surface area contributed by atoms with Crippen LogP contribution < -0.4 is 64.4 Å².